The fraction of sp³-hybridized carbons (Fsp3) is 0.583. The van der Waals surface area contributed by atoms with Crippen molar-refractivity contribution < 1.29 is 14.1 Å². The van der Waals surface area contributed by atoms with Crippen LogP contribution in [0.3, 0.4) is 0 Å². The van der Waals surface area contributed by atoms with Crippen LogP contribution in [0.5, 0.6) is 0 Å². The fourth-order valence-electron chi connectivity index (χ4n) is 1.34. The minimum atomic E-state index is -0.607. The molecule has 19 heavy (non-hydrogen) atoms. The topological polar surface area (TPSA) is 110 Å². The van der Waals surface area contributed by atoms with Crippen molar-refractivity contribution >= 4 is 11.8 Å². The van der Waals surface area contributed by atoms with Crippen molar-refractivity contribution in [3.63, 3.8) is 0 Å². The summed E-state index contributed by atoms with van der Waals surface area (Å²) in [5.41, 5.74) is 6.40. The van der Waals surface area contributed by atoms with E-state index in [-0.39, 0.29) is 30.8 Å². The van der Waals surface area contributed by atoms with Gasteiger partial charge in [-0.15, -0.1) is 0 Å². The molecule has 0 aromatic carbocycles. The lowest BCUT2D eigenvalue weighted by Crippen LogP contribution is -2.47. The molecular formula is C12H20N4O3. The fourth-order valence-corrected chi connectivity index (χ4v) is 1.34. The molecule has 0 fully saturated rings. The summed E-state index contributed by atoms with van der Waals surface area (Å²) in [7, 11) is 0. The van der Waals surface area contributed by atoms with Gasteiger partial charge < -0.3 is 20.9 Å². The Morgan fingerprint density at radius 1 is 1.42 bits per heavy atom. The zero-order valence-electron chi connectivity index (χ0n) is 11.4. The molecular weight excluding hydrogens is 248 g/mol. The van der Waals surface area contributed by atoms with Gasteiger partial charge in [0.05, 0.1) is 24.8 Å². The molecule has 4 N–H and O–H groups in total. The van der Waals surface area contributed by atoms with Crippen molar-refractivity contribution in [1.82, 2.24) is 15.8 Å². The average Bonchev–Trinajstić information content (AvgIpc) is 2.78. The second-order valence-corrected chi connectivity index (χ2v) is 4.70. The molecule has 0 spiro atoms. The van der Waals surface area contributed by atoms with Crippen LogP contribution in [0.1, 0.15) is 25.3 Å². The molecule has 1 heterocycles. The third kappa shape index (κ3) is 5.09. The van der Waals surface area contributed by atoms with E-state index >= 15 is 0 Å². The number of nitrogens with two attached hydrogens (primary N) is 1. The summed E-state index contributed by atoms with van der Waals surface area (Å²) in [6.07, 6.45) is 0. The molecule has 0 aliphatic rings. The third-order valence-electron chi connectivity index (χ3n) is 2.58. The Balaban J connectivity index is 2.26. The smallest absolute Gasteiger partial charge is 0.239 e. The largest absolute Gasteiger partial charge is 0.359 e. The summed E-state index contributed by atoms with van der Waals surface area (Å²) in [5.74, 6) is -0.0460. The van der Waals surface area contributed by atoms with Gasteiger partial charge in [0.15, 0.2) is 5.76 Å². The Labute approximate surface area is 111 Å². The van der Waals surface area contributed by atoms with Gasteiger partial charge in [0.2, 0.25) is 11.8 Å². The molecule has 0 saturated heterocycles. The standard InChI is InChI=1S/C12H20N4O3/c1-7(2)11(13)12(18)15-6-10(17)14-5-9-4-8(3)16-19-9/h4,7,11H,5-6,13H2,1-3H3,(H,14,17)(H,15,18)/t11-/m0/s1. The molecule has 0 bridgehead atoms. The number of amides is 2. The first-order chi connectivity index (χ1) is 8.90. The van der Waals surface area contributed by atoms with Crippen molar-refractivity contribution in [2.24, 2.45) is 11.7 Å². The van der Waals surface area contributed by atoms with Crippen LogP contribution < -0.4 is 16.4 Å². The number of hydrogen-bond acceptors (Lipinski definition) is 5. The van der Waals surface area contributed by atoms with Crippen LogP contribution in [-0.4, -0.2) is 29.6 Å². The summed E-state index contributed by atoms with van der Waals surface area (Å²) in [4.78, 5) is 23.0. The summed E-state index contributed by atoms with van der Waals surface area (Å²) >= 11 is 0. The molecule has 0 radical (unpaired) electrons. The predicted molar refractivity (Wildman–Crippen MR) is 68.9 cm³/mol. The van der Waals surface area contributed by atoms with Gasteiger partial charge in [0.1, 0.15) is 0 Å². The molecule has 1 aromatic rings. The van der Waals surface area contributed by atoms with E-state index in [0.29, 0.717) is 5.76 Å². The molecule has 0 aliphatic carbocycles. The van der Waals surface area contributed by atoms with E-state index in [0.717, 1.165) is 5.69 Å². The van der Waals surface area contributed by atoms with E-state index in [1.54, 1.807) is 13.0 Å². The summed E-state index contributed by atoms with van der Waals surface area (Å²) in [5, 5.41) is 8.79. The van der Waals surface area contributed by atoms with E-state index in [4.69, 9.17) is 10.3 Å². The number of aromatic nitrogens is 1. The zero-order chi connectivity index (χ0) is 14.4. The van der Waals surface area contributed by atoms with Gasteiger partial charge in [0, 0.05) is 6.07 Å². The molecule has 106 valence electrons. The Morgan fingerprint density at radius 2 is 2.11 bits per heavy atom. The molecule has 0 aliphatic heterocycles. The van der Waals surface area contributed by atoms with Gasteiger partial charge in [-0.05, 0) is 12.8 Å². The van der Waals surface area contributed by atoms with Crippen molar-refractivity contribution in [2.45, 2.75) is 33.4 Å². The predicted octanol–water partition coefficient (Wildman–Crippen LogP) is -0.301. The molecule has 7 heteroatoms. The van der Waals surface area contributed by atoms with Crippen LogP contribution in [0.25, 0.3) is 0 Å². The summed E-state index contributed by atoms with van der Waals surface area (Å²) < 4.78 is 4.94. The molecule has 2 amide bonds. The van der Waals surface area contributed by atoms with E-state index in [1.165, 1.54) is 0 Å². The van der Waals surface area contributed by atoms with Gasteiger partial charge in [0.25, 0.3) is 0 Å². The first-order valence-electron chi connectivity index (χ1n) is 6.12. The first kappa shape index (κ1) is 15.2. The number of nitrogens with zero attached hydrogens (tertiary/aromatic N) is 1. The van der Waals surface area contributed by atoms with Gasteiger partial charge in [-0.2, -0.15) is 0 Å². The van der Waals surface area contributed by atoms with E-state index in [9.17, 15) is 9.59 Å². The highest BCUT2D eigenvalue weighted by atomic mass is 16.5. The number of nitrogens with one attached hydrogen (secondary N) is 2. The number of carbonyl (C=O) groups is 2. The van der Waals surface area contributed by atoms with Crippen LogP contribution in [0.15, 0.2) is 10.6 Å². The van der Waals surface area contributed by atoms with Crippen LogP contribution >= 0.6 is 0 Å². The molecule has 1 rings (SSSR count). The Morgan fingerprint density at radius 3 is 2.63 bits per heavy atom. The normalized spacial score (nSPS) is 12.3. The van der Waals surface area contributed by atoms with Crippen LogP contribution in [-0.2, 0) is 16.1 Å². The third-order valence-corrected chi connectivity index (χ3v) is 2.58. The number of carbonyl (C=O) groups excluding carboxylic acids is 2. The molecule has 0 saturated carbocycles. The Hall–Kier alpha value is -1.89. The zero-order valence-corrected chi connectivity index (χ0v) is 11.4. The van der Waals surface area contributed by atoms with Crippen molar-refractivity contribution in [3.05, 3.63) is 17.5 Å². The number of aryl methyl sites for hydroxylation is 1. The second-order valence-electron chi connectivity index (χ2n) is 4.70. The molecule has 1 atom stereocenters. The van der Waals surface area contributed by atoms with Gasteiger partial charge >= 0.3 is 0 Å². The Kier molecular flexibility index (Phi) is 5.50. The first-order valence-corrected chi connectivity index (χ1v) is 6.12. The van der Waals surface area contributed by atoms with Crippen molar-refractivity contribution in [3.8, 4) is 0 Å². The quantitative estimate of drug-likeness (QED) is 0.656. The maximum absolute atomic E-state index is 11.5. The average molecular weight is 268 g/mol. The number of hydrogen-bond donors (Lipinski definition) is 3. The van der Waals surface area contributed by atoms with Crippen LogP contribution in [0, 0.1) is 12.8 Å². The molecule has 7 nitrogen and oxygen atoms in total. The highest BCUT2D eigenvalue weighted by Gasteiger charge is 2.17. The lowest BCUT2D eigenvalue weighted by molar-refractivity contribution is -0.127. The van der Waals surface area contributed by atoms with E-state index < -0.39 is 6.04 Å². The van der Waals surface area contributed by atoms with Gasteiger partial charge in [-0.25, -0.2) is 0 Å². The highest BCUT2D eigenvalue weighted by molar-refractivity contribution is 5.87. The summed E-state index contributed by atoms with van der Waals surface area (Å²) in [6.45, 7) is 5.62. The minimum Gasteiger partial charge on any atom is -0.359 e. The van der Waals surface area contributed by atoms with E-state index in [2.05, 4.69) is 15.8 Å². The SMILES string of the molecule is Cc1cc(CNC(=O)CNC(=O)[C@@H](N)C(C)C)on1. The Bertz CT molecular complexity index is 442. The lowest BCUT2D eigenvalue weighted by atomic mass is 10.1. The number of rotatable bonds is 6. The molecule has 0 unspecified atom stereocenters. The monoisotopic (exact) mass is 268 g/mol. The van der Waals surface area contributed by atoms with Gasteiger partial charge in [-0.1, -0.05) is 19.0 Å². The molecule has 1 aromatic heterocycles. The van der Waals surface area contributed by atoms with Crippen LogP contribution in [0.4, 0.5) is 0 Å². The van der Waals surface area contributed by atoms with Crippen molar-refractivity contribution in [2.75, 3.05) is 6.54 Å². The minimum absolute atomic E-state index is 0.0280. The maximum atomic E-state index is 11.5. The lowest BCUT2D eigenvalue weighted by Gasteiger charge is -2.14. The summed E-state index contributed by atoms with van der Waals surface area (Å²) in [6, 6.07) is 1.12. The maximum Gasteiger partial charge on any atom is 0.239 e. The van der Waals surface area contributed by atoms with Crippen LogP contribution in [0.2, 0.25) is 0 Å². The van der Waals surface area contributed by atoms with Crippen molar-refractivity contribution in [1.29, 1.82) is 0 Å². The second kappa shape index (κ2) is 6.89. The highest BCUT2D eigenvalue weighted by Crippen LogP contribution is 2.00. The van der Waals surface area contributed by atoms with Gasteiger partial charge in [-0.3, -0.25) is 9.59 Å². The van der Waals surface area contributed by atoms with E-state index in [1.807, 2.05) is 13.8 Å².